The van der Waals surface area contributed by atoms with E-state index in [1.54, 1.807) is 4.57 Å². The van der Waals surface area contributed by atoms with Crippen molar-refractivity contribution in [1.82, 2.24) is 9.55 Å². The predicted octanol–water partition coefficient (Wildman–Crippen LogP) is 4.58. The molecule has 144 valence electrons. The summed E-state index contributed by atoms with van der Waals surface area (Å²) in [7, 11) is 0. The number of imidazole rings is 1. The van der Waals surface area contributed by atoms with Crippen molar-refractivity contribution in [3.05, 3.63) is 53.1 Å². The van der Waals surface area contributed by atoms with E-state index in [-0.39, 0.29) is 18.5 Å². The summed E-state index contributed by atoms with van der Waals surface area (Å²) < 4.78 is 81.5. The first kappa shape index (κ1) is 18.1. The number of benzene rings is 1. The van der Waals surface area contributed by atoms with Crippen molar-refractivity contribution in [3.8, 4) is 0 Å². The molecule has 27 heavy (non-hydrogen) atoms. The fourth-order valence-corrected chi connectivity index (χ4v) is 3.91. The van der Waals surface area contributed by atoms with Gasteiger partial charge in [-0.1, -0.05) is 0 Å². The van der Waals surface area contributed by atoms with Gasteiger partial charge >= 0.3 is 6.18 Å². The highest BCUT2D eigenvalue weighted by Gasteiger charge is 2.39. The van der Waals surface area contributed by atoms with Gasteiger partial charge in [-0.3, -0.25) is 0 Å². The van der Waals surface area contributed by atoms with Crippen LogP contribution in [0.3, 0.4) is 0 Å². The Labute approximate surface area is 150 Å². The van der Waals surface area contributed by atoms with E-state index < -0.39 is 53.5 Å². The van der Waals surface area contributed by atoms with Crippen LogP contribution in [0.4, 0.5) is 26.3 Å². The van der Waals surface area contributed by atoms with Gasteiger partial charge < -0.3 is 10.3 Å². The van der Waals surface area contributed by atoms with Gasteiger partial charge in [0.2, 0.25) is 0 Å². The van der Waals surface area contributed by atoms with Gasteiger partial charge in [0, 0.05) is 37.4 Å². The molecule has 0 amide bonds. The van der Waals surface area contributed by atoms with E-state index in [1.165, 1.54) is 6.07 Å². The summed E-state index contributed by atoms with van der Waals surface area (Å²) in [6, 6.07) is 2.69. The van der Waals surface area contributed by atoms with Gasteiger partial charge in [0.1, 0.15) is 17.5 Å². The molecule has 0 radical (unpaired) electrons. The van der Waals surface area contributed by atoms with Crippen molar-refractivity contribution in [1.29, 1.82) is 0 Å². The largest absolute Gasteiger partial charge is 0.416 e. The van der Waals surface area contributed by atoms with E-state index in [2.05, 4.69) is 4.98 Å². The van der Waals surface area contributed by atoms with E-state index in [1.807, 2.05) is 0 Å². The van der Waals surface area contributed by atoms with Gasteiger partial charge in [-0.2, -0.15) is 13.2 Å². The summed E-state index contributed by atoms with van der Waals surface area (Å²) in [6.07, 6.45) is -4.21. The van der Waals surface area contributed by atoms with Gasteiger partial charge in [0.05, 0.1) is 16.6 Å². The van der Waals surface area contributed by atoms with Crippen LogP contribution in [-0.4, -0.2) is 15.6 Å². The van der Waals surface area contributed by atoms with Crippen LogP contribution in [0.25, 0.3) is 11.0 Å². The molecular formula is C18H15F6N3. The molecule has 2 aliphatic rings. The Hall–Kier alpha value is -2.29. The van der Waals surface area contributed by atoms with E-state index in [4.69, 9.17) is 5.73 Å². The number of nitrogens with two attached hydrogens (primary N) is 1. The topological polar surface area (TPSA) is 43.8 Å². The van der Waals surface area contributed by atoms with E-state index in [9.17, 15) is 26.3 Å². The molecule has 1 aromatic carbocycles. The second-order valence-electron chi connectivity index (χ2n) is 6.96. The Morgan fingerprint density at radius 3 is 2.56 bits per heavy atom. The number of halogens is 6. The van der Waals surface area contributed by atoms with Gasteiger partial charge in [-0.15, -0.1) is 0 Å². The lowest BCUT2D eigenvalue weighted by atomic mass is 9.77. The molecule has 2 N–H and O–H groups in total. The second-order valence-corrected chi connectivity index (χ2v) is 6.96. The fourth-order valence-electron chi connectivity index (χ4n) is 3.91. The molecule has 2 unspecified atom stereocenters. The normalized spacial score (nSPS) is 26.3. The Balaban J connectivity index is 1.69. The first-order valence-electron chi connectivity index (χ1n) is 8.38. The van der Waals surface area contributed by atoms with Crippen LogP contribution in [0.15, 0.2) is 41.8 Å². The Morgan fingerprint density at radius 2 is 1.85 bits per heavy atom. The lowest BCUT2D eigenvalue weighted by molar-refractivity contribution is -0.137. The van der Waals surface area contributed by atoms with Crippen molar-refractivity contribution < 1.29 is 26.3 Å². The van der Waals surface area contributed by atoms with E-state index in [0.29, 0.717) is 17.4 Å². The molecule has 1 aromatic heterocycles. The summed E-state index contributed by atoms with van der Waals surface area (Å²) in [5, 5.41) is 0. The zero-order valence-electron chi connectivity index (χ0n) is 13.9. The fraction of sp³-hybridized carbons (Fsp3) is 0.389. The van der Waals surface area contributed by atoms with Gasteiger partial charge in [-0.25, -0.2) is 18.2 Å². The number of alkyl halides is 3. The molecule has 3 nitrogen and oxygen atoms in total. The van der Waals surface area contributed by atoms with Crippen LogP contribution in [0.2, 0.25) is 0 Å². The summed E-state index contributed by atoms with van der Waals surface area (Å²) >= 11 is 0. The summed E-state index contributed by atoms with van der Waals surface area (Å²) in [5.74, 6) is -4.02. The SMILES string of the molecule is NC1Cn2c(nc3cc(C(F)(F)F)ccc32)C[C@@H]1C1CC(F)=C(F)C=C1F. The summed E-state index contributed by atoms with van der Waals surface area (Å²) in [6.45, 7) is 0.208. The highest BCUT2D eigenvalue weighted by molar-refractivity contribution is 5.77. The molecule has 9 heteroatoms. The van der Waals surface area contributed by atoms with Crippen molar-refractivity contribution in [2.75, 3.05) is 0 Å². The molecule has 2 aromatic rings. The van der Waals surface area contributed by atoms with Crippen molar-refractivity contribution >= 4 is 11.0 Å². The zero-order valence-corrected chi connectivity index (χ0v) is 13.9. The van der Waals surface area contributed by atoms with E-state index in [0.717, 1.165) is 12.1 Å². The van der Waals surface area contributed by atoms with Crippen LogP contribution in [0.5, 0.6) is 0 Å². The van der Waals surface area contributed by atoms with Crippen molar-refractivity contribution in [3.63, 3.8) is 0 Å². The summed E-state index contributed by atoms with van der Waals surface area (Å²) in [4.78, 5) is 4.25. The number of allylic oxidation sites excluding steroid dienone is 4. The number of fused-ring (bicyclic) bond motifs is 3. The lowest BCUT2D eigenvalue weighted by Crippen LogP contribution is -2.44. The molecule has 0 bridgehead atoms. The average Bonchev–Trinajstić information content (AvgIpc) is 2.93. The molecule has 1 aliphatic heterocycles. The van der Waals surface area contributed by atoms with Crippen LogP contribution >= 0.6 is 0 Å². The average molecular weight is 387 g/mol. The van der Waals surface area contributed by atoms with Crippen LogP contribution in [0.1, 0.15) is 17.8 Å². The first-order chi connectivity index (χ1) is 12.6. The minimum atomic E-state index is -4.48. The highest BCUT2D eigenvalue weighted by atomic mass is 19.4. The molecule has 3 atom stereocenters. The van der Waals surface area contributed by atoms with Crippen molar-refractivity contribution in [2.45, 2.75) is 31.6 Å². The molecule has 0 spiro atoms. The maximum atomic E-state index is 14.2. The second kappa shape index (κ2) is 6.12. The molecule has 0 fully saturated rings. The Kier molecular flexibility index (Phi) is 4.10. The molecular weight excluding hydrogens is 372 g/mol. The van der Waals surface area contributed by atoms with Crippen LogP contribution in [-0.2, 0) is 19.1 Å². The predicted molar refractivity (Wildman–Crippen MR) is 86.4 cm³/mol. The molecule has 0 saturated heterocycles. The third-order valence-corrected chi connectivity index (χ3v) is 5.31. The number of aromatic nitrogens is 2. The molecule has 0 saturated carbocycles. The van der Waals surface area contributed by atoms with Gasteiger partial charge in [0.25, 0.3) is 0 Å². The maximum absolute atomic E-state index is 14.2. The molecule has 2 heterocycles. The minimum Gasteiger partial charge on any atom is -0.326 e. The highest BCUT2D eigenvalue weighted by Crippen LogP contribution is 2.41. The monoisotopic (exact) mass is 387 g/mol. The van der Waals surface area contributed by atoms with E-state index >= 15 is 0 Å². The van der Waals surface area contributed by atoms with Gasteiger partial charge in [0.15, 0.2) is 5.83 Å². The number of hydrogen-bond donors (Lipinski definition) is 1. The summed E-state index contributed by atoms with van der Waals surface area (Å²) in [5.41, 5.74) is 6.03. The number of nitrogens with zero attached hydrogens (tertiary/aromatic N) is 2. The zero-order chi connectivity index (χ0) is 19.5. The standard InChI is InChI=1S/C18H15F6N3/c19-11-6-13(21)12(20)4-9(11)10-5-17-26-15-3-8(18(22,23)24)1-2-16(15)27(17)7-14(10)25/h1-3,6,9-10,14H,4-5,7,25H2/t9?,10-,14?/m1/s1. The van der Waals surface area contributed by atoms with Gasteiger partial charge in [-0.05, 0) is 24.1 Å². The van der Waals surface area contributed by atoms with Crippen LogP contribution in [0, 0.1) is 11.8 Å². The number of rotatable bonds is 1. The Morgan fingerprint density at radius 1 is 1.11 bits per heavy atom. The van der Waals surface area contributed by atoms with Crippen LogP contribution < -0.4 is 5.73 Å². The third-order valence-electron chi connectivity index (χ3n) is 5.31. The smallest absolute Gasteiger partial charge is 0.326 e. The Bertz CT molecular complexity index is 971. The molecule has 1 aliphatic carbocycles. The maximum Gasteiger partial charge on any atom is 0.416 e. The third kappa shape index (κ3) is 3.03. The quantitative estimate of drug-likeness (QED) is 0.728. The minimum absolute atomic E-state index is 0.165. The first-order valence-corrected chi connectivity index (χ1v) is 8.38. The lowest BCUT2D eigenvalue weighted by Gasteiger charge is -2.35. The van der Waals surface area contributed by atoms with Crippen molar-refractivity contribution in [2.24, 2.45) is 17.6 Å². The number of hydrogen-bond acceptors (Lipinski definition) is 2. The molecule has 4 rings (SSSR count).